The van der Waals surface area contributed by atoms with Crippen molar-refractivity contribution >= 4 is 11.6 Å². The summed E-state index contributed by atoms with van der Waals surface area (Å²) in [6.07, 6.45) is 1.75. The number of rotatable bonds is 6. The first-order valence-corrected chi connectivity index (χ1v) is 5.46. The summed E-state index contributed by atoms with van der Waals surface area (Å²) >= 11 is 0. The third-order valence-electron chi connectivity index (χ3n) is 2.32. The Morgan fingerprint density at radius 2 is 2.24 bits per heavy atom. The fourth-order valence-corrected chi connectivity index (χ4v) is 1.28. The Morgan fingerprint density at radius 3 is 2.88 bits per heavy atom. The first-order chi connectivity index (χ1) is 8.17. The van der Waals surface area contributed by atoms with Crippen molar-refractivity contribution in [2.45, 2.75) is 13.0 Å². The Labute approximate surface area is 102 Å². The first kappa shape index (κ1) is 13.3. The molecule has 2 N–H and O–H groups in total. The quantitative estimate of drug-likeness (QED) is 0.738. The molecule has 1 amide bonds. The Morgan fingerprint density at radius 1 is 1.53 bits per heavy atom. The van der Waals surface area contributed by atoms with E-state index in [0.717, 1.165) is 0 Å². The second-order valence-electron chi connectivity index (χ2n) is 3.65. The number of amides is 1. The number of carbonyl (C=O) groups is 1. The van der Waals surface area contributed by atoms with Gasteiger partial charge in [-0.3, -0.25) is 4.79 Å². The zero-order valence-electron chi connectivity index (χ0n) is 10.2. The van der Waals surface area contributed by atoms with Gasteiger partial charge in [0.05, 0.1) is 19.3 Å². The van der Waals surface area contributed by atoms with E-state index in [-0.39, 0.29) is 18.5 Å². The summed E-state index contributed by atoms with van der Waals surface area (Å²) in [6.45, 7) is 5.81. The molecule has 0 aliphatic heterocycles. The summed E-state index contributed by atoms with van der Waals surface area (Å²) in [5.41, 5.74) is 0.674. The molecule has 0 saturated carbocycles. The van der Waals surface area contributed by atoms with Crippen molar-refractivity contribution in [1.82, 2.24) is 5.32 Å². The van der Waals surface area contributed by atoms with Gasteiger partial charge in [0.15, 0.2) is 0 Å². The second kappa shape index (κ2) is 6.70. The Hall–Kier alpha value is -1.81. The molecule has 1 aromatic rings. The van der Waals surface area contributed by atoms with Gasteiger partial charge in [0, 0.05) is 6.04 Å². The standard InChI is InChI=1S/C13H18N2O2/c1-4-10(2)14-9-13(16)15-11-7-5-6-8-12(11)17-3/h4-8,10,14H,1,9H2,2-3H3,(H,15,16). The Balaban J connectivity index is 2.53. The second-order valence-corrected chi connectivity index (χ2v) is 3.65. The SMILES string of the molecule is C=CC(C)NCC(=O)Nc1ccccc1OC. The molecule has 1 atom stereocenters. The highest BCUT2D eigenvalue weighted by atomic mass is 16.5. The van der Waals surface area contributed by atoms with Gasteiger partial charge in [-0.05, 0) is 19.1 Å². The van der Waals surface area contributed by atoms with E-state index in [0.29, 0.717) is 11.4 Å². The number of methoxy groups -OCH3 is 1. The predicted octanol–water partition coefficient (Wildman–Crippen LogP) is 1.80. The Bertz CT molecular complexity index is 391. The van der Waals surface area contributed by atoms with Gasteiger partial charge >= 0.3 is 0 Å². The largest absolute Gasteiger partial charge is 0.495 e. The van der Waals surface area contributed by atoms with Crippen LogP contribution < -0.4 is 15.4 Å². The third-order valence-corrected chi connectivity index (χ3v) is 2.32. The molecule has 0 bridgehead atoms. The fourth-order valence-electron chi connectivity index (χ4n) is 1.28. The number of hydrogen-bond donors (Lipinski definition) is 2. The summed E-state index contributed by atoms with van der Waals surface area (Å²) < 4.78 is 5.14. The summed E-state index contributed by atoms with van der Waals surface area (Å²) in [5, 5.41) is 5.80. The van der Waals surface area contributed by atoms with Crippen LogP contribution in [0.2, 0.25) is 0 Å². The molecule has 92 valence electrons. The Kier molecular flexibility index (Phi) is 5.23. The maximum absolute atomic E-state index is 11.6. The summed E-state index contributed by atoms with van der Waals surface area (Å²) in [5.74, 6) is 0.542. The summed E-state index contributed by atoms with van der Waals surface area (Å²) in [7, 11) is 1.57. The predicted molar refractivity (Wildman–Crippen MR) is 69.3 cm³/mol. The maximum Gasteiger partial charge on any atom is 0.238 e. The molecule has 0 radical (unpaired) electrons. The number of benzene rings is 1. The molecule has 1 unspecified atom stereocenters. The molecule has 0 fully saturated rings. The normalized spacial score (nSPS) is 11.6. The van der Waals surface area contributed by atoms with E-state index in [1.165, 1.54) is 0 Å². The smallest absolute Gasteiger partial charge is 0.238 e. The van der Waals surface area contributed by atoms with E-state index in [9.17, 15) is 4.79 Å². The van der Waals surface area contributed by atoms with Gasteiger partial charge in [-0.15, -0.1) is 6.58 Å². The van der Waals surface area contributed by atoms with Crippen molar-refractivity contribution in [2.24, 2.45) is 0 Å². The highest BCUT2D eigenvalue weighted by Gasteiger charge is 2.06. The summed E-state index contributed by atoms with van der Waals surface area (Å²) in [4.78, 5) is 11.6. The van der Waals surface area contributed by atoms with E-state index in [4.69, 9.17) is 4.74 Å². The van der Waals surface area contributed by atoms with Crippen LogP contribution in [0.25, 0.3) is 0 Å². The molecule has 0 spiro atoms. The van der Waals surface area contributed by atoms with Gasteiger partial charge in [0.2, 0.25) is 5.91 Å². The van der Waals surface area contributed by atoms with Crippen LogP contribution in [0.1, 0.15) is 6.92 Å². The van der Waals surface area contributed by atoms with Crippen molar-refractivity contribution in [3.63, 3.8) is 0 Å². The van der Waals surface area contributed by atoms with Crippen LogP contribution in [0.4, 0.5) is 5.69 Å². The number of ether oxygens (including phenoxy) is 1. The number of carbonyl (C=O) groups excluding carboxylic acids is 1. The highest BCUT2D eigenvalue weighted by Crippen LogP contribution is 2.22. The average Bonchev–Trinajstić information content (AvgIpc) is 2.36. The minimum Gasteiger partial charge on any atom is -0.495 e. The molecule has 0 saturated heterocycles. The molecule has 0 aliphatic rings. The number of para-hydroxylation sites is 2. The summed E-state index contributed by atoms with van der Waals surface area (Å²) in [6, 6.07) is 7.41. The number of anilines is 1. The van der Waals surface area contributed by atoms with Crippen LogP contribution in [0.3, 0.4) is 0 Å². The fraction of sp³-hybridized carbons (Fsp3) is 0.308. The van der Waals surface area contributed by atoms with Gasteiger partial charge in [-0.2, -0.15) is 0 Å². The van der Waals surface area contributed by atoms with Gasteiger partial charge in [0.1, 0.15) is 5.75 Å². The van der Waals surface area contributed by atoms with E-state index in [1.807, 2.05) is 19.1 Å². The van der Waals surface area contributed by atoms with Crippen LogP contribution in [0.15, 0.2) is 36.9 Å². The van der Waals surface area contributed by atoms with Crippen LogP contribution in [-0.2, 0) is 4.79 Å². The topological polar surface area (TPSA) is 50.4 Å². The molecule has 17 heavy (non-hydrogen) atoms. The van der Waals surface area contributed by atoms with Crippen molar-refractivity contribution in [3.05, 3.63) is 36.9 Å². The van der Waals surface area contributed by atoms with Crippen LogP contribution in [0.5, 0.6) is 5.75 Å². The minimum atomic E-state index is -0.108. The molecule has 0 heterocycles. The lowest BCUT2D eigenvalue weighted by Gasteiger charge is -2.11. The van der Waals surface area contributed by atoms with Crippen molar-refractivity contribution < 1.29 is 9.53 Å². The first-order valence-electron chi connectivity index (χ1n) is 5.46. The van der Waals surface area contributed by atoms with E-state index in [1.54, 1.807) is 25.3 Å². The molecular formula is C13H18N2O2. The maximum atomic E-state index is 11.6. The monoisotopic (exact) mass is 234 g/mol. The third kappa shape index (κ3) is 4.28. The zero-order valence-corrected chi connectivity index (χ0v) is 10.2. The number of nitrogens with one attached hydrogen (secondary N) is 2. The van der Waals surface area contributed by atoms with Crippen LogP contribution in [-0.4, -0.2) is 25.6 Å². The van der Waals surface area contributed by atoms with Gasteiger partial charge in [-0.1, -0.05) is 18.2 Å². The molecule has 1 rings (SSSR count). The molecule has 0 aromatic heterocycles. The number of hydrogen-bond acceptors (Lipinski definition) is 3. The van der Waals surface area contributed by atoms with E-state index >= 15 is 0 Å². The van der Waals surface area contributed by atoms with Crippen molar-refractivity contribution in [3.8, 4) is 5.75 Å². The van der Waals surface area contributed by atoms with Crippen molar-refractivity contribution in [1.29, 1.82) is 0 Å². The van der Waals surface area contributed by atoms with Gasteiger partial charge < -0.3 is 15.4 Å². The molecule has 4 nitrogen and oxygen atoms in total. The van der Waals surface area contributed by atoms with E-state index < -0.39 is 0 Å². The highest BCUT2D eigenvalue weighted by molar-refractivity contribution is 5.93. The van der Waals surface area contributed by atoms with E-state index in [2.05, 4.69) is 17.2 Å². The zero-order chi connectivity index (χ0) is 12.7. The lowest BCUT2D eigenvalue weighted by Crippen LogP contribution is -2.33. The molecule has 0 aliphatic carbocycles. The molecule has 1 aromatic carbocycles. The van der Waals surface area contributed by atoms with Gasteiger partial charge in [-0.25, -0.2) is 0 Å². The van der Waals surface area contributed by atoms with Gasteiger partial charge in [0.25, 0.3) is 0 Å². The van der Waals surface area contributed by atoms with Crippen molar-refractivity contribution in [2.75, 3.05) is 19.0 Å². The lowest BCUT2D eigenvalue weighted by molar-refractivity contribution is -0.115. The van der Waals surface area contributed by atoms with Crippen LogP contribution >= 0.6 is 0 Å². The van der Waals surface area contributed by atoms with Crippen LogP contribution in [0, 0.1) is 0 Å². The average molecular weight is 234 g/mol. The molecule has 4 heteroatoms. The minimum absolute atomic E-state index is 0.108. The molecular weight excluding hydrogens is 216 g/mol. The lowest BCUT2D eigenvalue weighted by atomic mass is 10.3.